The minimum atomic E-state index is -1.07. The lowest BCUT2D eigenvalue weighted by atomic mass is 9.85. The van der Waals surface area contributed by atoms with E-state index in [1.165, 1.54) is 12.0 Å². The number of benzene rings is 2. The normalized spacial score (nSPS) is 22.5. The third kappa shape index (κ3) is 11.7. The molecule has 3 aliphatic heterocycles. The van der Waals surface area contributed by atoms with Gasteiger partial charge in [0.25, 0.3) is 0 Å². The maximum absolute atomic E-state index is 14.2. The van der Waals surface area contributed by atoms with Gasteiger partial charge in [-0.15, -0.1) is 0 Å². The molecule has 1 saturated carbocycles. The molecule has 16 heteroatoms. The number of oxime groups is 1. The van der Waals surface area contributed by atoms with Crippen molar-refractivity contribution in [1.82, 2.24) is 10.2 Å². The van der Waals surface area contributed by atoms with Gasteiger partial charge < -0.3 is 38.9 Å². The van der Waals surface area contributed by atoms with Gasteiger partial charge in [0.1, 0.15) is 24.9 Å². The van der Waals surface area contributed by atoms with Crippen LogP contribution in [0.4, 0.5) is 9.59 Å². The molecule has 2 saturated heterocycles. The van der Waals surface area contributed by atoms with E-state index >= 15 is 0 Å². The average molecular weight is 890 g/mol. The van der Waals surface area contributed by atoms with Crippen LogP contribution in [-0.2, 0) is 47.7 Å². The zero-order chi connectivity index (χ0) is 46.2. The van der Waals surface area contributed by atoms with E-state index in [9.17, 15) is 28.8 Å². The van der Waals surface area contributed by atoms with E-state index in [0.717, 1.165) is 41.5 Å². The van der Waals surface area contributed by atoms with Crippen molar-refractivity contribution in [1.29, 1.82) is 0 Å². The number of Topliss-reactive ketones (excluding diaryl/α,β-unsaturated/α-hetero) is 2. The molecule has 5 aliphatic rings. The molecule has 1 unspecified atom stereocenters. The van der Waals surface area contributed by atoms with Crippen LogP contribution in [0.15, 0.2) is 53.7 Å². The molecule has 3 fully saturated rings. The zero-order valence-corrected chi connectivity index (χ0v) is 37.8. The van der Waals surface area contributed by atoms with Crippen LogP contribution in [0.25, 0.3) is 11.1 Å². The van der Waals surface area contributed by atoms with Crippen LogP contribution in [0.5, 0.6) is 0 Å². The second-order valence-electron chi connectivity index (χ2n) is 18.5. The number of ketones is 2. The summed E-state index contributed by atoms with van der Waals surface area (Å²) in [7, 11) is 1.52. The molecule has 64 heavy (non-hydrogen) atoms. The molecule has 0 radical (unpaired) electrons. The Kier molecular flexibility index (Phi) is 15.9. The highest BCUT2D eigenvalue weighted by molar-refractivity contribution is 6.37. The van der Waals surface area contributed by atoms with Gasteiger partial charge >= 0.3 is 24.1 Å². The maximum atomic E-state index is 14.2. The van der Waals surface area contributed by atoms with E-state index < -0.39 is 53.3 Å². The molecule has 2 aromatic rings. The zero-order valence-electron chi connectivity index (χ0n) is 37.8. The maximum Gasteiger partial charge on any atom is 0.410 e. The Hall–Kier alpha value is -5.35. The monoisotopic (exact) mass is 889 g/mol. The first-order valence-corrected chi connectivity index (χ1v) is 22.5. The lowest BCUT2D eigenvalue weighted by Gasteiger charge is -2.28. The number of likely N-dealkylation sites (tertiary alicyclic amines) is 1. The van der Waals surface area contributed by atoms with Crippen molar-refractivity contribution >= 4 is 41.4 Å². The molecule has 2 aliphatic carbocycles. The van der Waals surface area contributed by atoms with Gasteiger partial charge in [-0.3, -0.25) is 14.5 Å². The molecule has 2 aromatic carbocycles. The van der Waals surface area contributed by atoms with Crippen molar-refractivity contribution in [2.75, 3.05) is 40.1 Å². The van der Waals surface area contributed by atoms with Crippen molar-refractivity contribution in [2.24, 2.45) is 22.4 Å². The second kappa shape index (κ2) is 21.1. The van der Waals surface area contributed by atoms with Crippen LogP contribution in [-0.4, -0.2) is 121 Å². The fourth-order valence-electron chi connectivity index (χ4n) is 9.14. The number of nitrogens with zero attached hydrogens (tertiary/aromatic N) is 2. The summed E-state index contributed by atoms with van der Waals surface area (Å²) in [4.78, 5) is 83.5. The summed E-state index contributed by atoms with van der Waals surface area (Å²) in [5.74, 6) is -1.87. The fourth-order valence-corrected chi connectivity index (χ4v) is 9.14. The predicted octanol–water partition coefficient (Wildman–Crippen LogP) is 6.85. The number of fused-ring (bicyclic) bond motifs is 3. The molecular formula is C48H63N3O13. The SMILES string of the molecule is CC(C)(C)[C@H](NC(=O)O[C@H]1CCOC1)C(=O)O.CCC[C@H](CC(=O)[C@@H]1C[C@]2(CC(C(=O)OCC)=NO2)CN1C(=O)OCC1c2ccccc2-c2ccccc21)C(OC)C(=O)CC1CC1. The number of amides is 2. The number of carbonyl (C=O) groups is 6. The quantitative estimate of drug-likeness (QED) is 0.123. The first-order valence-electron chi connectivity index (χ1n) is 22.5. The average Bonchev–Trinajstić information content (AvgIpc) is 3.58. The molecular weight excluding hydrogens is 827 g/mol. The molecule has 2 amide bonds. The highest BCUT2D eigenvalue weighted by Crippen LogP contribution is 2.45. The molecule has 16 nitrogen and oxygen atoms in total. The van der Waals surface area contributed by atoms with Gasteiger partial charge in [-0.2, -0.15) is 0 Å². The molecule has 348 valence electrons. The first kappa shape index (κ1) is 48.1. The van der Waals surface area contributed by atoms with Crippen molar-refractivity contribution in [2.45, 2.75) is 128 Å². The van der Waals surface area contributed by atoms with Gasteiger partial charge in [0.2, 0.25) is 0 Å². The Morgan fingerprint density at radius 1 is 0.969 bits per heavy atom. The number of hydrogen-bond donors (Lipinski definition) is 2. The summed E-state index contributed by atoms with van der Waals surface area (Å²) in [6.07, 6.45) is 2.67. The third-order valence-electron chi connectivity index (χ3n) is 12.5. The summed E-state index contributed by atoms with van der Waals surface area (Å²) in [6.45, 7) is 10.2. The molecule has 3 heterocycles. The largest absolute Gasteiger partial charge is 0.480 e. The smallest absolute Gasteiger partial charge is 0.410 e. The highest BCUT2D eigenvalue weighted by atomic mass is 16.7. The van der Waals surface area contributed by atoms with Gasteiger partial charge in [0, 0.05) is 45.1 Å². The minimum absolute atomic E-state index is 0.0270. The summed E-state index contributed by atoms with van der Waals surface area (Å²) in [5, 5.41) is 15.4. The molecule has 2 N–H and O–H groups in total. The summed E-state index contributed by atoms with van der Waals surface area (Å²) in [5.41, 5.74) is 2.90. The van der Waals surface area contributed by atoms with Gasteiger partial charge in [0.05, 0.1) is 32.4 Å². The van der Waals surface area contributed by atoms with Crippen LogP contribution in [0, 0.1) is 17.3 Å². The Bertz CT molecular complexity index is 2010. The van der Waals surface area contributed by atoms with Crippen LogP contribution in [0.2, 0.25) is 0 Å². The predicted molar refractivity (Wildman–Crippen MR) is 234 cm³/mol. The number of alkyl carbamates (subject to hydrolysis) is 1. The van der Waals surface area contributed by atoms with E-state index in [0.29, 0.717) is 38.4 Å². The van der Waals surface area contributed by atoms with Crippen LogP contribution in [0.1, 0.15) is 109 Å². The fraction of sp³-hybridized carbons (Fsp3) is 0.604. The van der Waals surface area contributed by atoms with Gasteiger partial charge in [-0.1, -0.05) is 87.8 Å². The van der Waals surface area contributed by atoms with Crippen LogP contribution < -0.4 is 5.32 Å². The number of carbonyl (C=O) groups excluding carboxylic acids is 5. The number of esters is 1. The molecule has 0 bridgehead atoms. The summed E-state index contributed by atoms with van der Waals surface area (Å²) >= 11 is 0. The van der Waals surface area contributed by atoms with Crippen molar-refractivity contribution in [3.63, 3.8) is 0 Å². The van der Waals surface area contributed by atoms with Crippen molar-refractivity contribution in [3.8, 4) is 11.1 Å². The second-order valence-corrected chi connectivity index (χ2v) is 18.5. The molecule has 6 atom stereocenters. The summed E-state index contributed by atoms with van der Waals surface area (Å²) < 4.78 is 26.9. The molecule has 1 spiro atoms. The van der Waals surface area contributed by atoms with Crippen molar-refractivity contribution in [3.05, 3.63) is 59.7 Å². The van der Waals surface area contributed by atoms with E-state index in [4.69, 9.17) is 33.6 Å². The first-order chi connectivity index (χ1) is 30.6. The lowest BCUT2D eigenvalue weighted by Crippen LogP contribution is -2.49. The number of aliphatic carboxylic acids is 1. The Balaban J connectivity index is 0.000000337. The van der Waals surface area contributed by atoms with Gasteiger partial charge in [0.15, 0.2) is 22.9 Å². The molecule has 7 rings (SSSR count). The number of methoxy groups -OCH3 is 1. The highest BCUT2D eigenvalue weighted by Gasteiger charge is 2.55. The van der Waals surface area contributed by atoms with E-state index in [2.05, 4.69) is 34.7 Å². The van der Waals surface area contributed by atoms with E-state index in [-0.39, 0.29) is 74.2 Å². The Labute approximate surface area is 374 Å². The number of rotatable bonds is 17. The van der Waals surface area contributed by atoms with Crippen LogP contribution >= 0.6 is 0 Å². The van der Waals surface area contributed by atoms with Crippen LogP contribution in [0.3, 0.4) is 0 Å². The van der Waals surface area contributed by atoms with E-state index in [1.54, 1.807) is 27.7 Å². The molecule has 0 aromatic heterocycles. The lowest BCUT2D eigenvalue weighted by molar-refractivity contribution is -0.142. The van der Waals surface area contributed by atoms with Gasteiger partial charge in [-0.25, -0.2) is 19.2 Å². The minimum Gasteiger partial charge on any atom is -0.480 e. The summed E-state index contributed by atoms with van der Waals surface area (Å²) in [6, 6.07) is 14.3. The number of nitrogens with one attached hydrogen (secondary N) is 1. The third-order valence-corrected chi connectivity index (χ3v) is 12.5. The number of carboxylic acids is 1. The Morgan fingerprint density at radius 2 is 1.64 bits per heavy atom. The Morgan fingerprint density at radius 3 is 2.20 bits per heavy atom. The number of ether oxygens (including phenoxy) is 5. The topological polar surface area (TPSA) is 206 Å². The number of carboxylic acid groups (broad SMARTS) is 1. The van der Waals surface area contributed by atoms with Crippen molar-refractivity contribution < 1.29 is 62.4 Å². The van der Waals surface area contributed by atoms with E-state index in [1.807, 2.05) is 31.2 Å². The van der Waals surface area contributed by atoms with Gasteiger partial charge in [-0.05, 0) is 65.7 Å². The standard InChI is InChI=1S/C37H44N2O8.C11H19NO5/c1-4-10-24(34(44-3)33(41)17-23-15-16-23)18-32(40)31-20-37(19-30(38-47-37)35(42)45-5-2)22-39(31)36(43)46-21-29-27-13-8-6-11-25(27)26-12-7-9-14-28(26)29;1-11(2,3)8(9(13)14)12-10(15)17-7-4-5-16-6-7/h6-9,11-14,23-24,29,31,34H,4-5,10,15-22H2,1-3H3;7-8H,4-6H2,1-3H3,(H,12,15)(H,13,14)/t24-,31+,34?,37-;7-,8+/m10/s1. The number of hydrogen-bond acceptors (Lipinski definition) is 13.